The quantitative estimate of drug-likeness (QED) is 0.551. The van der Waals surface area contributed by atoms with E-state index in [0.717, 1.165) is 12.8 Å². The minimum absolute atomic E-state index is 0.284. The molecule has 0 amide bonds. The van der Waals surface area contributed by atoms with Crippen LogP contribution in [-0.4, -0.2) is 5.78 Å². The Kier molecular flexibility index (Phi) is 3.16. The van der Waals surface area contributed by atoms with Crippen molar-refractivity contribution in [3.05, 3.63) is 0 Å². The number of carbonyl (C=O) groups is 1. The van der Waals surface area contributed by atoms with Crippen molar-refractivity contribution in [3.63, 3.8) is 0 Å². The summed E-state index contributed by atoms with van der Waals surface area (Å²) in [5, 5.41) is 0. The van der Waals surface area contributed by atoms with E-state index >= 15 is 0 Å². The molecule has 0 unspecified atom stereocenters. The fourth-order valence-corrected chi connectivity index (χ4v) is 1.67. The molecule has 1 heteroatoms. The van der Waals surface area contributed by atoms with Crippen molar-refractivity contribution >= 4 is 5.78 Å². The molecular formula is C10H14O. The Balaban J connectivity index is 2.34. The van der Waals surface area contributed by atoms with Crippen molar-refractivity contribution in [2.75, 3.05) is 0 Å². The van der Waals surface area contributed by atoms with Crippen molar-refractivity contribution in [1.29, 1.82) is 0 Å². The second-order valence-electron chi connectivity index (χ2n) is 3.18. The molecule has 1 aliphatic carbocycles. The van der Waals surface area contributed by atoms with Gasteiger partial charge >= 0.3 is 0 Å². The lowest BCUT2D eigenvalue weighted by molar-refractivity contribution is -0.122. The van der Waals surface area contributed by atoms with Crippen LogP contribution in [0, 0.1) is 18.3 Å². The van der Waals surface area contributed by atoms with Gasteiger partial charge in [0.1, 0.15) is 5.78 Å². The first-order chi connectivity index (χ1) is 5.34. The molecule has 0 saturated heterocycles. The van der Waals surface area contributed by atoms with Gasteiger partial charge in [-0.25, -0.2) is 0 Å². The fourth-order valence-electron chi connectivity index (χ4n) is 1.67. The van der Waals surface area contributed by atoms with Crippen LogP contribution in [0.5, 0.6) is 0 Å². The van der Waals surface area contributed by atoms with E-state index in [1.165, 1.54) is 19.3 Å². The standard InChI is InChI=1S/C10H14O/c1-2-6-10(11)9-7-4-3-5-8-9/h1,9H,3-8H2. The van der Waals surface area contributed by atoms with E-state index in [0.29, 0.717) is 12.3 Å². The molecule has 0 aliphatic heterocycles. The predicted molar refractivity (Wildman–Crippen MR) is 45.0 cm³/mol. The zero-order valence-electron chi connectivity index (χ0n) is 6.81. The van der Waals surface area contributed by atoms with Crippen LogP contribution in [0.15, 0.2) is 0 Å². The highest BCUT2D eigenvalue weighted by atomic mass is 16.1. The van der Waals surface area contributed by atoms with Gasteiger partial charge in [-0.2, -0.15) is 0 Å². The Hall–Kier alpha value is -0.770. The van der Waals surface area contributed by atoms with Crippen LogP contribution in [0.3, 0.4) is 0 Å². The normalized spacial score (nSPS) is 19.2. The molecule has 60 valence electrons. The van der Waals surface area contributed by atoms with Gasteiger partial charge in [0.05, 0.1) is 6.42 Å². The van der Waals surface area contributed by atoms with Crippen molar-refractivity contribution in [2.24, 2.45) is 5.92 Å². The van der Waals surface area contributed by atoms with Crippen molar-refractivity contribution in [1.82, 2.24) is 0 Å². The Labute approximate surface area is 68.2 Å². The highest BCUT2D eigenvalue weighted by Crippen LogP contribution is 2.24. The minimum atomic E-state index is 0.284. The molecule has 1 saturated carbocycles. The summed E-state index contributed by atoms with van der Waals surface area (Å²) in [7, 11) is 0. The van der Waals surface area contributed by atoms with Crippen molar-refractivity contribution < 1.29 is 4.79 Å². The number of rotatable bonds is 2. The van der Waals surface area contributed by atoms with Crippen LogP contribution in [-0.2, 0) is 4.79 Å². The lowest BCUT2D eigenvalue weighted by Crippen LogP contribution is -2.16. The summed E-state index contributed by atoms with van der Waals surface area (Å²) < 4.78 is 0. The van der Waals surface area contributed by atoms with Gasteiger partial charge in [0.2, 0.25) is 0 Å². The van der Waals surface area contributed by atoms with Gasteiger partial charge in [0.25, 0.3) is 0 Å². The summed E-state index contributed by atoms with van der Waals surface area (Å²) in [5.41, 5.74) is 0. The lowest BCUT2D eigenvalue weighted by Gasteiger charge is -2.18. The molecular weight excluding hydrogens is 136 g/mol. The molecule has 11 heavy (non-hydrogen) atoms. The molecule has 1 rings (SSSR count). The zero-order chi connectivity index (χ0) is 8.10. The van der Waals surface area contributed by atoms with Gasteiger partial charge in [-0.3, -0.25) is 4.79 Å². The maximum Gasteiger partial charge on any atom is 0.147 e. The molecule has 0 aromatic heterocycles. The van der Waals surface area contributed by atoms with Gasteiger partial charge < -0.3 is 0 Å². The van der Waals surface area contributed by atoms with E-state index in [4.69, 9.17) is 6.42 Å². The third-order valence-corrected chi connectivity index (χ3v) is 2.34. The van der Waals surface area contributed by atoms with Crippen LogP contribution in [0.4, 0.5) is 0 Å². The van der Waals surface area contributed by atoms with Crippen molar-refractivity contribution in [2.45, 2.75) is 38.5 Å². The van der Waals surface area contributed by atoms with Gasteiger partial charge in [-0.05, 0) is 12.8 Å². The zero-order valence-corrected chi connectivity index (χ0v) is 6.81. The van der Waals surface area contributed by atoms with Gasteiger partial charge in [-0.15, -0.1) is 6.42 Å². The molecule has 0 bridgehead atoms. The van der Waals surface area contributed by atoms with Gasteiger partial charge in [-0.1, -0.05) is 25.2 Å². The minimum Gasteiger partial charge on any atom is -0.298 e. The molecule has 0 spiro atoms. The molecule has 0 atom stereocenters. The highest BCUT2D eigenvalue weighted by molar-refractivity contribution is 5.83. The molecule has 0 N–H and O–H groups in total. The summed E-state index contributed by atoms with van der Waals surface area (Å²) in [4.78, 5) is 11.3. The summed E-state index contributed by atoms with van der Waals surface area (Å²) >= 11 is 0. The second kappa shape index (κ2) is 4.18. The van der Waals surface area contributed by atoms with E-state index in [9.17, 15) is 4.79 Å². The Morgan fingerprint density at radius 2 is 2.00 bits per heavy atom. The molecule has 1 aliphatic rings. The monoisotopic (exact) mass is 150 g/mol. The first-order valence-corrected chi connectivity index (χ1v) is 4.31. The smallest absolute Gasteiger partial charge is 0.147 e. The topological polar surface area (TPSA) is 17.1 Å². The average Bonchev–Trinajstić information content (AvgIpc) is 2.07. The fraction of sp³-hybridized carbons (Fsp3) is 0.700. The van der Waals surface area contributed by atoms with Gasteiger partial charge in [0.15, 0.2) is 0 Å². The van der Waals surface area contributed by atoms with E-state index in [2.05, 4.69) is 5.92 Å². The summed E-state index contributed by atoms with van der Waals surface area (Å²) in [6.45, 7) is 0. The summed E-state index contributed by atoms with van der Waals surface area (Å²) in [6.07, 6.45) is 11.3. The number of hydrogen-bond donors (Lipinski definition) is 0. The van der Waals surface area contributed by atoms with E-state index in [1.54, 1.807) is 0 Å². The summed E-state index contributed by atoms with van der Waals surface area (Å²) in [6, 6.07) is 0. The van der Waals surface area contributed by atoms with Crippen LogP contribution < -0.4 is 0 Å². The summed E-state index contributed by atoms with van der Waals surface area (Å²) in [5.74, 6) is 2.99. The van der Waals surface area contributed by atoms with Gasteiger partial charge in [0, 0.05) is 5.92 Å². The Morgan fingerprint density at radius 3 is 2.55 bits per heavy atom. The number of terminal acetylenes is 1. The lowest BCUT2D eigenvalue weighted by atomic mass is 9.85. The third kappa shape index (κ3) is 2.38. The maximum absolute atomic E-state index is 11.3. The number of Topliss-reactive ketones (excluding diaryl/α,β-unsaturated/α-hetero) is 1. The Bertz CT molecular complexity index is 170. The first-order valence-electron chi connectivity index (χ1n) is 4.31. The van der Waals surface area contributed by atoms with Crippen LogP contribution in [0.2, 0.25) is 0 Å². The SMILES string of the molecule is C#CCC(=O)C1CCCCC1. The third-order valence-electron chi connectivity index (χ3n) is 2.34. The van der Waals surface area contributed by atoms with Crippen LogP contribution in [0.25, 0.3) is 0 Å². The van der Waals surface area contributed by atoms with Crippen molar-refractivity contribution in [3.8, 4) is 12.3 Å². The van der Waals surface area contributed by atoms with Crippen LogP contribution >= 0.6 is 0 Å². The highest BCUT2D eigenvalue weighted by Gasteiger charge is 2.19. The number of carbonyl (C=O) groups excluding carboxylic acids is 1. The Morgan fingerprint density at radius 1 is 1.36 bits per heavy atom. The largest absolute Gasteiger partial charge is 0.298 e. The van der Waals surface area contributed by atoms with E-state index in [-0.39, 0.29) is 5.78 Å². The molecule has 0 heterocycles. The predicted octanol–water partition coefficient (Wildman–Crippen LogP) is 2.16. The molecule has 0 aromatic carbocycles. The second-order valence-corrected chi connectivity index (χ2v) is 3.18. The van der Waals surface area contributed by atoms with E-state index in [1.807, 2.05) is 0 Å². The molecule has 1 fully saturated rings. The molecule has 0 radical (unpaired) electrons. The van der Waals surface area contributed by atoms with Crippen LogP contribution in [0.1, 0.15) is 38.5 Å². The molecule has 1 nitrogen and oxygen atoms in total. The number of hydrogen-bond acceptors (Lipinski definition) is 1. The first kappa shape index (κ1) is 8.33. The number of ketones is 1. The molecule has 0 aromatic rings. The average molecular weight is 150 g/mol. The van der Waals surface area contributed by atoms with E-state index < -0.39 is 0 Å². The maximum atomic E-state index is 11.3.